The first-order valence-electron chi connectivity index (χ1n) is 31.7. The first-order chi connectivity index (χ1) is 46.6. The van der Waals surface area contributed by atoms with Crippen molar-refractivity contribution in [2.75, 3.05) is 0 Å². The smallest absolute Gasteiger partial charge is 0.235 e. The van der Waals surface area contributed by atoms with Crippen LogP contribution in [0.4, 0.5) is 0 Å². The molecule has 6 aromatic heterocycles. The number of aromatic nitrogens is 6. The SMILES string of the molecule is c1ccc(-c2cc(-c3ccccc3)nc(-c3ccc(-n4c5ccccc5c5c6ccccc6c6c7ccccc7sc6c54)cc3)n2)cc1.c1ccc(-c2ccc(-c3nc(-n4c5ccccc5c5c6ccccc6c6c7ccccc7oc6c54)nc4ccccc34)cc2)cc1. The molecule has 0 N–H and O–H groups in total. The van der Waals surface area contributed by atoms with E-state index >= 15 is 0 Å². The molecule has 20 rings (SSSR count). The van der Waals surface area contributed by atoms with Gasteiger partial charge in [0.05, 0.1) is 43.8 Å². The number of thiophene rings is 1. The Kier molecular flexibility index (Phi) is 12.3. The van der Waals surface area contributed by atoms with Crippen molar-refractivity contribution in [1.29, 1.82) is 0 Å². The van der Waals surface area contributed by atoms with Gasteiger partial charge in [-0.15, -0.1) is 11.3 Å². The molecule has 6 heterocycles. The van der Waals surface area contributed by atoms with Crippen molar-refractivity contribution in [1.82, 2.24) is 29.1 Å². The third kappa shape index (κ3) is 8.51. The van der Waals surface area contributed by atoms with Gasteiger partial charge in [-0.05, 0) is 93.3 Å². The van der Waals surface area contributed by atoms with E-state index in [1.54, 1.807) is 0 Å². The van der Waals surface area contributed by atoms with Crippen molar-refractivity contribution in [3.63, 3.8) is 0 Å². The summed E-state index contributed by atoms with van der Waals surface area (Å²) in [5.74, 6) is 1.32. The van der Waals surface area contributed by atoms with Crippen molar-refractivity contribution in [2.24, 2.45) is 0 Å². The molecule has 0 aliphatic carbocycles. The summed E-state index contributed by atoms with van der Waals surface area (Å²) in [4.78, 5) is 20.7. The standard InChI is InChI=1S/C44H27N3S.C42H25N3O/c1-3-13-28(14-4-1)36-27-37(29-15-5-2-6-16-29)46-44(45-36)30-23-25-31(26-24-30)47-38-21-11-9-19-34(38)40-32-17-7-8-18-33(32)41-35-20-10-12-22-39(35)48-43(41)42(40)47;1-2-12-26(13-3-1)27-22-24-28(25-23-27)39-31-16-6-9-19-34(31)43-42(44-39)45-35-20-10-7-17-32(35)37-29-14-4-5-15-30(29)38-33-18-8-11-21-36(33)46-41(38)40(37)45/h1-27H;1-25H. The molecule has 0 aliphatic heterocycles. The number of rotatable bonds is 7. The van der Waals surface area contributed by atoms with Gasteiger partial charge in [-0.25, -0.2) is 19.9 Å². The molecule has 8 heteroatoms. The van der Waals surface area contributed by atoms with Crippen LogP contribution in [-0.2, 0) is 0 Å². The van der Waals surface area contributed by atoms with Gasteiger partial charge >= 0.3 is 0 Å². The molecule has 94 heavy (non-hydrogen) atoms. The van der Waals surface area contributed by atoms with Gasteiger partial charge in [0.2, 0.25) is 5.95 Å². The van der Waals surface area contributed by atoms with Crippen LogP contribution in [0, 0.1) is 0 Å². The maximum atomic E-state index is 6.75. The lowest BCUT2D eigenvalue weighted by atomic mass is 9.99. The van der Waals surface area contributed by atoms with Gasteiger partial charge in [-0.3, -0.25) is 4.57 Å². The summed E-state index contributed by atoms with van der Waals surface area (Å²) in [5, 5.41) is 15.7. The van der Waals surface area contributed by atoms with E-state index < -0.39 is 0 Å². The van der Waals surface area contributed by atoms with Crippen molar-refractivity contribution in [3.05, 3.63) is 315 Å². The van der Waals surface area contributed by atoms with Crippen LogP contribution in [0.15, 0.2) is 320 Å². The number of hydrogen-bond acceptors (Lipinski definition) is 6. The minimum Gasteiger partial charge on any atom is -0.454 e. The Hall–Kier alpha value is -12.4. The Labute approximate surface area is 543 Å². The summed E-state index contributed by atoms with van der Waals surface area (Å²) in [7, 11) is 0. The molecule has 0 bridgehead atoms. The summed E-state index contributed by atoms with van der Waals surface area (Å²) in [6.07, 6.45) is 0. The maximum Gasteiger partial charge on any atom is 0.235 e. The van der Waals surface area contributed by atoms with E-state index in [2.05, 4.69) is 288 Å². The molecule has 0 fully saturated rings. The zero-order valence-corrected chi connectivity index (χ0v) is 51.3. The van der Waals surface area contributed by atoms with Crippen LogP contribution < -0.4 is 0 Å². The van der Waals surface area contributed by atoms with Crippen LogP contribution >= 0.6 is 11.3 Å². The molecule has 0 unspecified atom stereocenters. The Morgan fingerprint density at radius 3 is 1.39 bits per heavy atom. The highest BCUT2D eigenvalue weighted by atomic mass is 32.1. The second-order valence-corrected chi connectivity index (χ2v) is 25.0. The minimum atomic E-state index is 0.615. The molecule has 20 aromatic rings. The molecule has 0 saturated heterocycles. The van der Waals surface area contributed by atoms with Crippen LogP contribution in [0.2, 0.25) is 0 Å². The third-order valence-electron chi connectivity index (χ3n) is 18.6. The first-order valence-corrected chi connectivity index (χ1v) is 32.5. The van der Waals surface area contributed by atoms with E-state index in [1.807, 2.05) is 47.7 Å². The topological polar surface area (TPSA) is 74.6 Å². The second kappa shape index (κ2) is 21.7. The normalized spacial score (nSPS) is 11.8. The molecule has 0 spiro atoms. The number of nitrogens with zero attached hydrogens (tertiary/aromatic N) is 6. The van der Waals surface area contributed by atoms with Gasteiger partial charge < -0.3 is 8.98 Å². The predicted molar refractivity (Wildman–Crippen MR) is 393 cm³/mol. The van der Waals surface area contributed by atoms with E-state index in [4.69, 9.17) is 24.4 Å². The highest BCUT2D eigenvalue weighted by Crippen LogP contribution is 2.49. The van der Waals surface area contributed by atoms with E-state index in [9.17, 15) is 0 Å². The maximum absolute atomic E-state index is 6.75. The molecule has 14 aromatic carbocycles. The van der Waals surface area contributed by atoms with Crippen LogP contribution in [-0.4, -0.2) is 29.1 Å². The summed E-state index contributed by atoms with van der Waals surface area (Å²) < 4.78 is 14.0. The molecule has 7 nitrogen and oxygen atoms in total. The lowest BCUT2D eigenvalue weighted by Crippen LogP contribution is -2.03. The Morgan fingerprint density at radius 2 is 0.755 bits per heavy atom. The lowest BCUT2D eigenvalue weighted by Gasteiger charge is -2.12. The van der Waals surface area contributed by atoms with Crippen molar-refractivity contribution in [2.45, 2.75) is 0 Å². The van der Waals surface area contributed by atoms with Gasteiger partial charge in [0.1, 0.15) is 11.1 Å². The van der Waals surface area contributed by atoms with Crippen LogP contribution in [0.3, 0.4) is 0 Å². The van der Waals surface area contributed by atoms with Gasteiger partial charge in [0.25, 0.3) is 0 Å². The number of benzene rings is 14. The highest BCUT2D eigenvalue weighted by Gasteiger charge is 2.26. The fraction of sp³-hybridized carbons (Fsp3) is 0. The molecular weight excluding hydrogens is 1170 g/mol. The number of furan rings is 1. The van der Waals surface area contributed by atoms with Gasteiger partial charge in [0.15, 0.2) is 11.4 Å². The zero-order chi connectivity index (χ0) is 61.8. The van der Waals surface area contributed by atoms with Gasteiger partial charge in [0, 0.05) is 81.1 Å². The van der Waals surface area contributed by atoms with E-state index in [0.29, 0.717) is 11.8 Å². The van der Waals surface area contributed by atoms with Crippen LogP contribution in [0.1, 0.15) is 0 Å². The number of para-hydroxylation sites is 4. The van der Waals surface area contributed by atoms with Gasteiger partial charge in [-0.2, -0.15) is 0 Å². The quantitative estimate of drug-likeness (QED) is 0.159. The molecule has 0 amide bonds. The predicted octanol–water partition coefficient (Wildman–Crippen LogP) is 23.2. The van der Waals surface area contributed by atoms with Gasteiger partial charge in [-0.1, -0.05) is 255 Å². The molecule has 438 valence electrons. The summed E-state index contributed by atoms with van der Waals surface area (Å²) in [5.41, 5.74) is 17.4. The minimum absolute atomic E-state index is 0.615. The average Bonchev–Trinajstić information content (AvgIpc) is 1.54. The second-order valence-electron chi connectivity index (χ2n) is 23.9. The third-order valence-corrected chi connectivity index (χ3v) is 19.8. The Morgan fingerprint density at radius 1 is 0.298 bits per heavy atom. The monoisotopic (exact) mass is 1220 g/mol. The average molecular weight is 1220 g/mol. The molecule has 0 saturated carbocycles. The van der Waals surface area contributed by atoms with Crippen molar-refractivity contribution >= 4 is 130 Å². The summed E-state index contributed by atoms with van der Waals surface area (Å²) in [6, 6.07) is 111. The Balaban J connectivity index is 0.000000134. The van der Waals surface area contributed by atoms with E-state index in [0.717, 1.165) is 99.7 Å². The number of hydrogen-bond donors (Lipinski definition) is 0. The van der Waals surface area contributed by atoms with E-state index in [-0.39, 0.29) is 0 Å². The van der Waals surface area contributed by atoms with Crippen molar-refractivity contribution in [3.8, 4) is 67.9 Å². The Bertz CT molecular complexity index is 6330. The first kappa shape index (κ1) is 53.5. The van der Waals surface area contributed by atoms with E-state index in [1.165, 1.54) is 74.6 Å². The van der Waals surface area contributed by atoms with Crippen molar-refractivity contribution < 1.29 is 4.42 Å². The fourth-order valence-corrected chi connectivity index (χ4v) is 15.7. The molecule has 0 atom stereocenters. The number of fused-ring (bicyclic) bond motifs is 21. The summed E-state index contributed by atoms with van der Waals surface area (Å²) >= 11 is 1.89. The van der Waals surface area contributed by atoms with Crippen LogP contribution in [0.5, 0.6) is 0 Å². The lowest BCUT2D eigenvalue weighted by molar-refractivity contribution is 0.671. The molecule has 0 aliphatic rings. The fourth-order valence-electron chi connectivity index (χ4n) is 14.4. The molecule has 0 radical (unpaired) electrons. The highest BCUT2D eigenvalue weighted by molar-refractivity contribution is 7.27. The largest absolute Gasteiger partial charge is 0.454 e. The van der Waals surface area contributed by atoms with Crippen LogP contribution in [0.25, 0.3) is 186 Å². The summed E-state index contributed by atoms with van der Waals surface area (Å²) in [6.45, 7) is 0. The zero-order valence-electron chi connectivity index (χ0n) is 50.5. The molecular formula is C86H52N6OS.